The van der Waals surface area contributed by atoms with Gasteiger partial charge in [0.05, 0.1) is 5.69 Å². The van der Waals surface area contributed by atoms with Gasteiger partial charge in [-0.3, -0.25) is 0 Å². The molecular weight excluding hydrogens is 759 g/mol. The van der Waals surface area contributed by atoms with E-state index < -0.39 is 0 Å². The van der Waals surface area contributed by atoms with E-state index >= 15 is 0 Å². The van der Waals surface area contributed by atoms with E-state index in [1.807, 2.05) is 17.4 Å². The number of para-hydroxylation sites is 2. The lowest BCUT2D eigenvalue weighted by molar-refractivity contribution is 0.669. The van der Waals surface area contributed by atoms with Gasteiger partial charge in [-0.25, -0.2) is 0 Å². The van der Waals surface area contributed by atoms with Crippen molar-refractivity contribution >= 4 is 81.3 Å². The van der Waals surface area contributed by atoms with Crippen molar-refractivity contribution in [1.82, 2.24) is 0 Å². The Balaban J connectivity index is 0.998. The second kappa shape index (κ2) is 14.5. The smallest absolute Gasteiger partial charge is 0.136 e. The van der Waals surface area contributed by atoms with Crippen LogP contribution in [0, 0.1) is 0 Å². The normalized spacial score (nSPS) is 11.6. The summed E-state index contributed by atoms with van der Waals surface area (Å²) in [5.74, 6) is 0. The number of rotatable bonds is 7. The van der Waals surface area contributed by atoms with Crippen LogP contribution < -0.4 is 4.90 Å². The maximum atomic E-state index is 6.39. The van der Waals surface area contributed by atoms with E-state index in [0.29, 0.717) is 0 Å². The van der Waals surface area contributed by atoms with Crippen LogP contribution in [0.5, 0.6) is 0 Å². The predicted molar refractivity (Wildman–Crippen MR) is 261 cm³/mol. The van der Waals surface area contributed by atoms with Gasteiger partial charge in [0.25, 0.3) is 0 Å². The second-order valence-corrected chi connectivity index (χ2v) is 16.7. The standard InChI is InChI=1S/C58H37NOS/c1-2-15-44-39(13-1)14-11-21-47(44)46-17-4-3-16-45(46)40-29-34-43(35-30-40)59(42-32-27-38(28-33-42)41-31-36-50-49-19-7-10-26-56(49)61-57(50)37-41)53-23-8-5-18-48(53)51-22-12-25-55-58(51)52-20-6-9-24-54(52)60-55/h1-37H. The highest BCUT2D eigenvalue weighted by atomic mass is 32.1. The van der Waals surface area contributed by atoms with Crippen molar-refractivity contribution < 1.29 is 4.42 Å². The molecule has 0 aliphatic heterocycles. The summed E-state index contributed by atoms with van der Waals surface area (Å²) in [5, 5.41) is 7.37. The number of hydrogen-bond acceptors (Lipinski definition) is 3. The van der Waals surface area contributed by atoms with Crippen LogP contribution in [0.3, 0.4) is 0 Å². The molecule has 61 heavy (non-hydrogen) atoms. The molecule has 10 aromatic carbocycles. The highest BCUT2D eigenvalue weighted by molar-refractivity contribution is 7.25. The molecule has 0 unspecified atom stereocenters. The third kappa shape index (κ3) is 6.01. The van der Waals surface area contributed by atoms with Crippen molar-refractivity contribution in [2.45, 2.75) is 0 Å². The van der Waals surface area contributed by atoms with Gasteiger partial charge in [-0.05, 0) is 104 Å². The first kappa shape index (κ1) is 35.2. The average molecular weight is 796 g/mol. The van der Waals surface area contributed by atoms with E-state index in [0.717, 1.165) is 50.1 Å². The Morgan fingerprint density at radius 1 is 0.328 bits per heavy atom. The Morgan fingerprint density at radius 2 is 0.885 bits per heavy atom. The van der Waals surface area contributed by atoms with Crippen LogP contribution in [-0.4, -0.2) is 0 Å². The molecule has 0 fully saturated rings. The van der Waals surface area contributed by atoms with Crippen molar-refractivity contribution in [2.75, 3.05) is 4.90 Å². The van der Waals surface area contributed by atoms with Crippen LogP contribution in [0.25, 0.3) is 97.4 Å². The minimum absolute atomic E-state index is 0.884. The van der Waals surface area contributed by atoms with E-state index in [1.165, 1.54) is 64.3 Å². The third-order valence-electron chi connectivity index (χ3n) is 12.1. The highest BCUT2D eigenvalue weighted by Crippen LogP contribution is 2.46. The quantitative estimate of drug-likeness (QED) is 0.160. The lowest BCUT2D eigenvalue weighted by Crippen LogP contribution is -2.11. The fourth-order valence-corrected chi connectivity index (χ4v) is 10.4. The second-order valence-electron chi connectivity index (χ2n) is 15.6. The van der Waals surface area contributed by atoms with Crippen molar-refractivity contribution in [3.8, 4) is 44.5 Å². The molecule has 12 rings (SSSR count). The van der Waals surface area contributed by atoms with Crippen molar-refractivity contribution in [2.24, 2.45) is 0 Å². The van der Waals surface area contributed by atoms with Gasteiger partial charge in [0.2, 0.25) is 0 Å². The first-order valence-corrected chi connectivity index (χ1v) is 21.6. The van der Waals surface area contributed by atoms with Gasteiger partial charge in [0.1, 0.15) is 11.2 Å². The zero-order chi connectivity index (χ0) is 40.3. The Labute approximate surface area is 357 Å². The number of furan rings is 1. The number of thiophene rings is 1. The first-order chi connectivity index (χ1) is 30.2. The zero-order valence-electron chi connectivity index (χ0n) is 33.1. The molecule has 0 atom stereocenters. The molecule has 0 amide bonds. The van der Waals surface area contributed by atoms with Crippen molar-refractivity contribution in [3.05, 3.63) is 224 Å². The Kier molecular flexibility index (Phi) is 8.39. The Morgan fingerprint density at radius 3 is 1.72 bits per heavy atom. The summed E-state index contributed by atoms with van der Waals surface area (Å²) in [4.78, 5) is 2.40. The molecule has 0 aliphatic carbocycles. The molecule has 2 aromatic heterocycles. The van der Waals surface area contributed by atoms with E-state index in [-0.39, 0.29) is 0 Å². The molecule has 3 heteroatoms. The zero-order valence-corrected chi connectivity index (χ0v) is 33.9. The summed E-state index contributed by atoms with van der Waals surface area (Å²) >= 11 is 1.86. The number of fused-ring (bicyclic) bond motifs is 7. The van der Waals surface area contributed by atoms with Gasteiger partial charge in [0.15, 0.2) is 0 Å². The largest absolute Gasteiger partial charge is 0.456 e. The van der Waals surface area contributed by atoms with Crippen LogP contribution in [0.1, 0.15) is 0 Å². The topological polar surface area (TPSA) is 16.4 Å². The molecule has 0 aliphatic rings. The van der Waals surface area contributed by atoms with E-state index in [2.05, 4.69) is 223 Å². The van der Waals surface area contributed by atoms with Gasteiger partial charge in [0, 0.05) is 47.9 Å². The van der Waals surface area contributed by atoms with E-state index in [9.17, 15) is 0 Å². The minimum atomic E-state index is 0.884. The maximum Gasteiger partial charge on any atom is 0.136 e. The molecule has 286 valence electrons. The maximum absolute atomic E-state index is 6.39. The molecule has 2 nitrogen and oxygen atoms in total. The summed E-state index contributed by atoms with van der Waals surface area (Å²) in [5.41, 5.74) is 14.5. The number of hydrogen-bond donors (Lipinski definition) is 0. The van der Waals surface area contributed by atoms with Crippen molar-refractivity contribution in [1.29, 1.82) is 0 Å². The Hall–Kier alpha value is -7.72. The molecule has 0 saturated heterocycles. The molecular formula is C58H37NOS. The molecule has 0 spiro atoms. The number of anilines is 3. The molecule has 12 aromatic rings. The summed E-state index contributed by atoms with van der Waals surface area (Å²) < 4.78 is 9.02. The van der Waals surface area contributed by atoms with Gasteiger partial charge in [-0.2, -0.15) is 0 Å². The molecule has 0 radical (unpaired) electrons. The molecule has 0 saturated carbocycles. The summed E-state index contributed by atoms with van der Waals surface area (Å²) in [6.45, 7) is 0. The van der Waals surface area contributed by atoms with E-state index in [1.54, 1.807) is 0 Å². The van der Waals surface area contributed by atoms with E-state index in [4.69, 9.17) is 4.42 Å². The fourth-order valence-electron chi connectivity index (χ4n) is 9.25. The van der Waals surface area contributed by atoms with Crippen LogP contribution in [0.15, 0.2) is 229 Å². The minimum Gasteiger partial charge on any atom is -0.456 e. The molecule has 2 heterocycles. The summed E-state index contributed by atoms with van der Waals surface area (Å²) in [7, 11) is 0. The lowest BCUT2D eigenvalue weighted by atomic mass is 9.91. The SMILES string of the molecule is c1ccc(-c2cccc3ccccc23)c(-c2ccc(N(c3ccc(-c4ccc5c(c4)sc4ccccc45)cc3)c3ccccc3-c3cccc4oc5ccccc5c34)cc2)c1. The predicted octanol–water partition coefficient (Wildman–Crippen LogP) is 17.2. The van der Waals surface area contributed by atoms with Crippen LogP contribution in [-0.2, 0) is 0 Å². The lowest BCUT2D eigenvalue weighted by Gasteiger charge is -2.28. The van der Waals surface area contributed by atoms with Crippen LogP contribution in [0.2, 0.25) is 0 Å². The molecule has 0 N–H and O–H groups in total. The fraction of sp³-hybridized carbons (Fsp3) is 0. The van der Waals surface area contributed by atoms with Gasteiger partial charge < -0.3 is 9.32 Å². The van der Waals surface area contributed by atoms with Crippen LogP contribution in [0.4, 0.5) is 17.1 Å². The van der Waals surface area contributed by atoms with Gasteiger partial charge in [-0.1, -0.05) is 170 Å². The Bertz CT molecular complexity index is 3590. The summed E-state index contributed by atoms with van der Waals surface area (Å²) in [6.07, 6.45) is 0. The summed E-state index contributed by atoms with van der Waals surface area (Å²) in [6, 6.07) is 81.2. The monoisotopic (exact) mass is 795 g/mol. The molecule has 0 bridgehead atoms. The van der Waals surface area contributed by atoms with Gasteiger partial charge >= 0.3 is 0 Å². The first-order valence-electron chi connectivity index (χ1n) is 20.7. The number of nitrogens with zero attached hydrogens (tertiary/aromatic N) is 1. The van der Waals surface area contributed by atoms with Gasteiger partial charge in [-0.15, -0.1) is 11.3 Å². The number of benzene rings is 10. The highest BCUT2D eigenvalue weighted by Gasteiger charge is 2.21. The van der Waals surface area contributed by atoms with Crippen LogP contribution >= 0.6 is 11.3 Å². The van der Waals surface area contributed by atoms with Crippen molar-refractivity contribution in [3.63, 3.8) is 0 Å². The third-order valence-corrected chi connectivity index (χ3v) is 13.3. The average Bonchev–Trinajstić information content (AvgIpc) is 3.90.